The number of fused-ring (bicyclic) bond motifs is 1. The summed E-state index contributed by atoms with van der Waals surface area (Å²) in [6.07, 6.45) is 1.35. The van der Waals surface area contributed by atoms with Gasteiger partial charge in [-0.25, -0.2) is 4.98 Å². The molecule has 0 aliphatic carbocycles. The lowest BCUT2D eigenvalue weighted by atomic mass is 10.0. The molecule has 134 valence electrons. The van der Waals surface area contributed by atoms with Crippen LogP contribution in [-0.4, -0.2) is 70.3 Å². The third kappa shape index (κ3) is 3.97. The van der Waals surface area contributed by atoms with Crippen molar-refractivity contribution >= 4 is 22.8 Å². The maximum absolute atomic E-state index is 12.3. The van der Waals surface area contributed by atoms with Crippen LogP contribution in [0.3, 0.4) is 0 Å². The number of nitrogens with one attached hydrogen (secondary N) is 1. The number of likely N-dealkylation sites (tertiary alicyclic amines) is 1. The highest BCUT2D eigenvalue weighted by molar-refractivity contribution is 5.81. The zero-order chi connectivity index (χ0) is 17.8. The van der Waals surface area contributed by atoms with Crippen LogP contribution in [0, 0.1) is 0 Å². The van der Waals surface area contributed by atoms with Gasteiger partial charge in [-0.15, -0.1) is 0 Å². The normalized spacial score (nSPS) is 20.6. The zero-order valence-electron chi connectivity index (χ0n) is 14.1. The number of aliphatic hydroxyl groups is 1. The second-order valence-corrected chi connectivity index (χ2v) is 6.16. The van der Waals surface area contributed by atoms with Crippen LogP contribution in [0.1, 0.15) is 6.42 Å². The van der Waals surface area contributed by atoms with Crippen molar-refractivity contribution in [3.8, 4) is 0 Å². The van der Waals surface area contributed by atoms with Crippen LogP contribution in [0.15, 0.2) is 30.6 Å². The van der Waals surface area contributed by atoms with Gasteiger partial charge in [0.25, 0.3) is 0 Å². The fourth-order valence-electron chi connectivity index (χ4n) is 3.08. The molecule has 8 nitrogen and oxygen atoms in total. The molecule has 1 aliphatic rings. The SMILES string of the molecule is COCC(=O)N1CC[C@@H](NC(=O)Cn2cnc3ccccc32)[C@H](O)C1. The summed E-state index contributed by atoms with van der Waals surface area (Å²) >= 11 is 0. The fraction of sp³-hybridized carbons (Fsp3) is 0.471. The van der Waals surface area contributed by atoms with E-state index >= 15 is 0 Å². The largest absolute Gasteiger partial charge is 0.389 e. The Morgan fingerprint density at radius 2 is 2.20 bits per heavy atom. The first kappa shape index (κ1) is 17.4. The zero-order valence-corrected chi connectivity index (χ0v) is 14.1. The summed E-state index contributed by atoms with van der Waals surface area (Å²) in [6.45, 7) is 0.812. The Bertz CT molecular complexity index is 760. The minimum Gasteiger partial charge on any atom is -0.389 e. The standard InChI is InChI=1S/C17H22N4O4/c1-25-10-17(24)20-7-6-13(15(22)8-20)19-16(23)9-21-11-18-12-4-2-3-5-14(12)21/h2-5,11,13,15,22H,6-10H2,1H3,(H,19,23)/t13-,15-/m1/s1. The first-order chi connectivity index (χ1) is 12.1. The second-order valence-electron chi connectivity index (χ2n) is 6.16. The van der Waals surface area contributed by atoms with E-state index in [1.165, 1.54) is 7.11 Å². The van der Waals surface area contributed by atoms with Gasteiger partial charge in [-0.3, -0.25) is 9.59 Å². The number of carbonyl (C=O) groups is 2. The molecule has 2 heterocycles. The van der Waals surface area contributed by atoms with Crippen molar-refractivity contribution in [1.82, 2.24) is 19.8 Å². The first-order valence-electron chi connectivity index (χ1n) is 8.22. The number of β-amino-alcohol motifs (C(OH)–C–C–N with tert-alkyl or cyclic N) is 1. The summed E-state index contributed by atoms with van der Waals surface area (Å²) in [6, 6.07) is 7.22. The number of nitrogens with zero attached hydrogens (tertiary/aromatic N) is 3. The van der Waals surface area contributed by atoms with E-state index in [9.17, 15) is 14.7 Å². The third-order valence-corrected chi connectivity index (χ3v) is 4.39. The Morgan fingerprint density at radius 3 is 2.96 bits per heavy atom. The van der Waals surface area contributed by atoms with Crippen LogP contribution in [0.5, 0.6) is 0 Å². The third-order valence-electron chi connectivity index (χ3n) is 4.39. The van der Waals surface area contributed by atoms with Gasteiger partial charge in [-0.1, -0.05) is 12.1 Å². The Labute approximate surface area is 145 Å². The van der Waals surface area contributed by atoms with Gasteiger partial charge in [0.1, 0.15) is 13.2 Å². The Balaban J connectivity index is 1.56. The molecule has 2 amide bonds. The Morgan fingerprint density at radius 1 is 1.40 bits per heavy atom. The molecular formula is C17H22N4O4. The molecule has 2 aromatic rings. The molecular weight excluding hydrogens is 324 g/mol. The highest BCUT2D eigenvalue weighted by Crippen LogP contribution is 2.13. The number of benzene rings is 1. The number of para-hydroxylation sites is 2. The molecule has 8 heteroatoms. The van der Waals surface area contributed by atoms with Gasteiger partial charge < -0.3 is 24.6 Å². The van der Waals surface area contributed by atoms with E-state index in [1.807, 2.05) is 24.3 Å². The van der Waals surface area contributed by atoms with Crippen LogP contribution in [-0.2, 0) is 20.9 Å². The summed E-state index contributed by atoms with van der Waals surface area (Å²) in [7, 11) is 1.46. The number of aromatic nitrogens is 2. The summed E-state index contributed by atoms with van der Waals surface area (Å²) in [4.78, 5) is 29.9. The lowest BCUT2D eigenvalue weighted by Gasteiger charge is -2.36. The average Bonchev–Trinajstić information content (AvgIpc) is 3.00. The quantitative estimate of drug-likeness (QED) is 0.779. The van der Waals surface area contributed by atoms with E-state index in [1.54, 1.807) is 15.8 Å². The number of hydrogen-bond donors (Lipinski definition) is 2. The summed E-state index contributed by atoms with van der Waals surface area (Å²) in [5.74, 6) is -0.347. The van der Waals surface area contributed by atoms with Gasteiger partial charge in [-0.2, -0.15) is 0 Å². The van der Waals surface area contributed by atoms with E-state index < -0.39 is 6.10 Å². The van der Waals surface area contributed by atoms with Gasteiger partial charge in [0, 0.05) is 20.2 Å². The highest BCUT2D eigenvalue weighted by Gasteiger charge is 2.31. The van der Waals surface area contributed by atoms with Crippen molar-refractivity contribution in [2.45, 2.75) is 25.1 Å². The smallest absolute Gasteiger partial charge is 0.248 e. The molecule has 1 aromatic carbocycles. The average molecular weight is 346 g/mol. The van der Waals surface area contributed by atoms with Crippen molar-refractivity contribution in [2.24, 2.45) is 0 Å². The number of methoxy groups -OCH3 is 1. The van der Waals surface area contributed by atoms with Crippen LogP contribution < -0.4 is 5.32 Å². The van der Waals surface area contributed by atoms with E-state index in [0.717, 1.165) is 11.0 Å². The highest BCUT2D eigenvalue weighted by atomic mass is 16.5. The second kappa shape index (κ2) is 7.62. The van der Waals surface area contributed by atoms with Crippen LogP contribution >= 0.6 is 0 Å². The minimum absolute atomic E-state index is 0.00253. The summed E-state index contributed by atoms with van der Waals surface area (Å²) < 4.78 is 6.60. The van der Waals surface area contributed by atoms with Crippen LogP contribution in [0.2, 0.25) is 0 Å². The number of piperidine rings is 1. The van der Waals surface area contributed by atoms with E-state index in [0.29, 0.717) is 13.0 Å². The van der Waals surface area contributed by atoms with Gasteiger partial charge in [-0.05, 0) is 18.6 Å². The number of aliphatic hydroxyl groups excluding tert-OH is 1. The molecule has 0 spiro atoms. The van der Waals surface area contributed by atoms with Crippen molar-refractivity contribution in [1.29, 1.82) is 0 Å². The van der Waals surface area contributed by atoms with Crippen molar-refractivity contribution in [3.05, 3.63) is 30.6 Å². The number of rotatable bonds is 5. The lowest BCUT2D eigenvalue weighted by molar-refractivity contribution is -0.139. The monoisotopic (exact) mass is 346 g/mol. The molecule has 25 heavy (non-hydrogen) atoms. The number of amides is 2. The number of ether oxygens (including phenoxy) is 1. The number of imidazole rings is 1. The maximum Gasteiger partial charge on any atom is 0.248 e. The van der Waals surface area contributed by atoms with Crippen molar-refractivity contribution in [3.63, 3.8) is 0 Å². The van der Waals surface area contributed by atoms with E-state index in [2.05, 4.69) is 10.3 Å². The molecule has 1 aromatic heterocycles. The van der Waals surface area contributed by atoms with Gasteiger partial charge in [0.05, 0.1) is 29.5 Å². The summed E-state index contributed by atoms with van der Waals surface area (Å²) in [5.41, 5.74) is 1.72. The molecule has 1 fully saturated rings. The molecule has 2 atom stereocenters. The maximum atomic E-state index is 12.3. The molecule has 2 N–H and O–H groups in total. The lowest BCUT2D eigenvalue weighted by Crippen LogP contribution is -2.56. The van der Waals surface area contributed by atoms with Crippen molar-refractivity contribution < 1.29 is 19.4 Å². The van der Waals surface area contributed by atoms with Crippen LogP contribution in [0.4, 0.5) is 0 Å². The van der Waals surface area contributed by atoms with Gasteiger partial charge in [0.2, 0.25) is 11.8 Å². The van der Waals surface area contributed by atoms with Gasteiger partial charge >= 0.3 is 0 Å². The number of carbonyl (C=O) groups excluding carboxylic acids is 2. The molecule has 1 saturated heterocycles. The van der Waals surface area contributed by atoms with Crippen molar-refractivity contribution in [2.75, 3.05) is 26.8 Å². The Kier molecular flexibility index (Phi) is 5.30. The Hall–Kier alpha value is -2.45. The minimum atomic E-state index is -0.793. The summed E-state index contributed by atoms with van der Waals surface area (Å²) in [5, 5.41) is 13.1. The fourth-order valence-corrected chi connectivity index (χ4v) is 3.08. The predicted molar refractivity (Wildman–Crippen MR) is 90.7 cm³/mol. The van der Waals surface area contributed by atoms with Crippen LogP contribution in [0.25, 0.3) is 11.0 Å². The predicted octanol–water partition coefficient (Wildman–Crippen LogP) is -0.239. The molecule has 3 rings (SSSR count). The molecule has 0 saturated carbocycles. The topological polar surface area (TPSA) is 96.7 Å². The molecule has 0 bridgehead atoms. The number of hydrogen-bond acceptors (Lipinski definition) is 5. The molecule has 1 aliphatic heterocycles. The molecule has 0 unspecified atom stereocenters. The van der Waals surface area contributed by atoms with Gasteiger partial charge in [0.15, 0.2) is 0 Å². The van der Waals surface area contributed by atoms with E-state index in [4.69, 9.17) is 4.74 Å². The van der Waals surface area contributed by atoms with E-state index in [-0.39, 0.29) is 37.6 Å². The first-order valence-corrected chi connectivity index (χ1v) is 8.22. The molecule has 0 radical (unpaired) electrons.